The van der Waals surface area contributed by atoms with E-state index in [1.165, 1.54) is 11.1 Å². The predicted molar refractivity (Wildman–Crippen MR) is 76.1 cm³/mol. The zero-order valence-corrected chi connectivity index (χ0v) is 12.1. The molecule has 1 heterocycles. The van der Waals surface area contributed by atoms with Gasteiger partial charge in [-0.3, -0.25) is 9.78 Å². The molecule has 0 bridgehead atoms. The van der Waals surface area contributed by atoms with Crippen LogP contribution in [0, 0.1) is 11.8 Å². The standard InChI is InChI=1S/C15H20N2O3/c1-15(2,11-19)17(3)14(20)13-8-12(9-16-10-13)6-4-5-7-18/h8-10,18-19H,5,7,11H2,1-3H3. The van der Waals surface area contributed by atoms with Gasteiger partial charge in [-0.2, -0.15) is 0 Å². The molecule has 1 aromatic rings. The molecule has 0 spiro atoms. The number of aromatic nitrogens is 1. The Morgan fingerprint density at radius 1 is 1.40 bits per heavy atom. The van der Waals surface area contributed by atoms with Gasteiger partial charge < -0.3 is 15.1 Å². The first-order chi connectivity index (χ1) is 9.42. The number of carbonyl (C=O) groups excluding carboxylic acids is 1. The van der Waals surface area contributed by atoms with E-state index in [-0.39, 0.29) is 19.1 Å². The topological polar surface area (TPSA) is 73.7 Å². The third-order valence-electron chi connectivity index (χ3n) is 3.05. The van der Waals surface area contributed by atoms with E-state index in [4.69, 9.17) is 5.11 Å². The molecule has 0 saturated carbocycles. The van der Waals surface area contributed by atoms with Gasteiger partial charge in [-0.15, -0.1) is 0 Å². The number of hydrogen-bond acceptors (Lipinski definition) is 4. The third kappa shape index (κ3) is 4.05. The minimum absolute atomic E-state index is 0.00643. The quantitative estimate of drug-likeness (QED) is 0.792. The highest BCUT2D eigenvalue weighted by molar-refractivity contribution is 5.94. The second-order valence-electron chi connectivity index (χ2n) is 5.07. The largest absolute Gasteiger partial charge is 0.395 e. The van der Waals surface area contributed by atoms with Crippen molar-refractivity contribution in [1.29, 1.82) is 0 Å². The molecule has 2 N–H and O–H groups in total. The molecule has 1 aromatic heterocycles. The maximum Gasteiger partial charge on any atom is 0.255 e. The summed E-state index contributed by atoms with van der Waals surface area (Å²) in [6.07, 6.45) is 3.43. The molecule has 20 heavy (non-hydrogen) atoms. The van der Waals surface area contributed by atoms with Crippen LogP contribution in [0.3, 0.4) is 0 Å². The maximum atomic E-state index is 12.3. The van der Waals surface area contributed by atoms with Gasteiger partial charge in [-0.05, 0) is 19.9 Å². The summed E-state index contributed by atoms with van der Waals surface area (Å²) in [7, 11) is 1.64. The average molecular weight is 276 g/mol. The van der Waals surface area contributed by atoms with Crippen LogP contribution in [0.25, 0.3) is 0 Å². The Labute approximate surface area is 119 Å². The van der Waals surface area contributed by atoms with Crippen LogP contribution in [0.2, 0.25) is 0 Å². The van der Waals surface area contributed by atoms with Crippen molar-refractivity contribution in [1.82, 2.24) is 9.88 Å². The minimum atomic E-state index is -0.643. The highest BCUT2D eigenvalue weighted by atomic mass is 16.3. The molecule has 5 nitrogen and oxygen atoms in total. The zero-order valence-electron chi connectivity index (χ0n) is 12.1. The molecule has 0 fully saturated rings. The van der Waals surface area contributed by atoms with E-state index in [1.54, 1.807) is 33.2 Å². The van der Waals surface area contributed by atoms with Crippen molar-refractivity contribution >= 4 is 5.91 Å². The number of aliphatic hydroxyl groups is 2. The van der Waals surface area contributed by atoms with E-state index in [9.17, 15) is 9.90 Å². The molecule has 0 aliphatic carbocycles. The number of hydrogen-bond donors (Lipinski definition) is 2. The van der Waals surface area contributed by atoms with Gasteiger partial charge in [0.25, 0.3) is 5.91 Å². The lowest BCUT2D eigenvalue weighted by atomic mass is 10.0. The van der Waals surface area contributed by atoms with E-state index in [0.717, 1.165) is 0 Å². The molecule has 1 rings (SSSR count). The fourth-order valence-electron chi connectivity index (χ4n) is 1.42. The monoisotopic (exact) mass is 276 g/mol. The number of nitrogens with zero attached hydrogens (tertiary/aromatic N) is 2. The Morgan fingerprint density at radius 3 is 2.70 bits per heavy atom. The van der Waals surface area contributed by atoms with E-state index in [1.807, 2.05) is 0 Å². The molecule has 0 aliphatic heterocycles. The highest BCUT2D eigenvalue weighted by Gasteiger charge is 2.27. The van der Waals surface area contributed by atoms with Gasteiger partial charge in [0.15, 0.2) is 0 Å². The van der Waals surface area contributed by atoms with Crippen LogP contribution in [0.5, 0.6) is 0 Å². The lowest BCUT2D eigenvalue weighted by molar-refractivity contribution is 0.0473. The molecule has 0 radical (unpaired) electrons. The summed E-state index contributed by atoms with van der Waals surface area (Å²) in [5.74, 6) is 5.40. The number of carbonyl (C=O) groups is 1. The summed E-state index contributed by atoms with van der Waals surface area (Å²) >= 11 is 0. The second-order valence-corrected chi connectivity index (χ2v) is 5.07. The van der Waals surface area contributed by atoms with Crippen LogP contribution in [0.4, 0.5) is 0 Å². The van der Waals surface area contributed by atoms with Crippen LogP contribution < -0.4 is 0 Å². The van der Waals surface area contributed by atoms with Crippen molar-refractivity contribution in [2.75, 3.05) is 20.3 Å². The summed E-state index contributed by atoms with van der Waals surface area (Å²) in [5.41, 5.74) is 0.402. The molecule has 0 aliphatic rings. The van der Waals surface area contributed by atoms with Crippen molar-refractivity contribution in [2.24, 2.45) is 0 Å². The first-order valence-electron chi connectivity index (χ1n) is 6.36. The lowest BCUT2D eigenvalue weighted by Gasteiger charge is -2.33. The van der Waals surface area contributed by atoms with Crippen LogP contribution in [-0.4, -0.2) is 51.8 Å². The Balaban J connectivity index is 2.95. The Kier molecular flexibility index (Phi) is 5.68. The third-order valence-corrected chi connectivity index (χ3v) is 3.05. The molecule has 0 unspecified atom stereocenters. The first-order valence-corrected chi connectivity index (χ1v) is 6.36. The second kappa shape index (κ2) is 7.04. The summed E-state index contributed by atoms with van der Waals surface area (Å²) in [5, 5.41) is 18.0. The molecule has 0 aromatic carbocycles. The molecular formula is C15H20N2O3. The number of aliphatic hydroxyl groups excluding tert-OH is 2. The van der Waals surface area contributed by atoms with Crippen molar-refractivity contribution < 1.29 is 15.0 Å². The average Bonchev–Trinajstić information content (AvgIpc) is 2.46. The maximum absolute atomic E-state index is 12.3. The molecule has 0 atom stereocenters. The highest BCUT2D eigenvalue weighted by Crippen LogP contribution is 2.15. The fourth-order valence-corrected chi connectivity index (χ4v) is 1.42. The van der Waals surface area contributed by atoms with Crippen LogP contribution in [0.1, 0.15) is 36.2 Å². The summed E-state index contributed by atoms with van der Waals surface area (Å²) in [6, 6.07) is 1.66. The summed E-state index contributed by atoms with van der Waals surface area (Å²) in [4.78, 5) is 17.8. The van der Waals surface area contributed by atoms with Crippen LogP contribution >= 0.6 is 0 Å². The van der Waals surface area contributed by atoms with Gasteiger partial charge >= 0.3 is 0 Å². The predicted octanol–water partition coefficient (Wildman–Crippen LogP) is 0.658. The first kappa shape index (κ1) is 16.2. The Hall–Kier alpha value is -1.90. The van der Waals surface area contributed by atoms with Crippen molar-refractivity contribution in [3.05, 3.63) is 29.6 Å². The molecule has 108 valence electrons. The van der Waals surface area contributed by atoms with Gasteiger partial charge in [0.05, 0.1) is 24.3 Å². The number of rotatable bonds is 4. The van der Waals surface area contributed by atoms with E-state index in [0.29, 0.717) is 17.5 Å². The van der Waals surface area contributed by atoms with E-state index >= 15 is 0 Å². The van der Waals surface area contributed by atoms with Gasteiger partial charge in [0.2, 0.25) is 0 Å². The SMILES string of the molecule is CN(C(=O)c1cncc(C#CCCO)c1)C(C)(C)CO. The van der Waals surface area contributed by atoms with Gasteiger partial charge in [-0.25, -0.2) is 0 Å². The fraction of sp³-hybridized carbons (Fsp3) is 0.467. The van der Waals surface area contributed by atoms with Gasteiger partial charge in [0.1, 0.15) is 0 Å². The van der Waals surface area contributed by atoms with E-state index in [2.05, 4.69) is 16.8 Å². The van der Waals surface area contributed by atoms with E-state index < -0.39 is 5.54 Å². The van der Waals surface area contributed by atoms with Crippen LogP contribution in [-0.2, 0) is 0 Å². The van der Waals surface area contributed by atoms with Gasteiger partial charge in [-0.1, -0.05) is 11.8 Å². The van der Waals surface area contributed by atoms with Crippen molar-refractivity contribution in [2.45, 2.75) is 25.8 Å². The Morgan fingerprint density at radius 2 is 2.10 bits per heavy atom. The Bertz CT molecular complexity index is 529. The zero-order chi connectivity index (χ0) is 15.2. The molecule has 0 saturated heterocycles. The van der Waals surface area contributed by atoms with Crippen molar-refractivity contribution in [3.63, 3.8) is 0 Å². The molecule has 1 amide bonds. The van der Waals surface area contributed by atoms with Crippen molar-refractivity contribution in [3.8, 4) is 11.8 Å². The number of likely N-dealkylation sites (N-methyl/N-ethyl adjacent to an activating group) is 1. The molecule has 5 heteroatoms. The summed E-state index contributed by atoms with van der Waals surface area (Å²) in [6.45, 7) is 3.44. The lowest BCUT2D eigenvalue weighted by Crippen LogP contribution is -2.47. The van der Waals surface area contributed by atoms with Crippen LogP contribution in [0.15, 0.2) is 18.5 Å². The molecular weight excluding hydrogens is 256 g/mol. The van der Waals surface area contributed by atoms with Gasteiger partial charge in [0, 0.05) is 31.4 Å². The number of pyridine rings is 1. The number of amides is 1. The smallest absolute Gasteiger partial charge is 0.255 e. The normalized spacial score (nSPS) is 10.7. The minimum Gasteiger partial charge on any atom is -0.395 e. The summed E-state index contributed by atoms with van der Waals surface area (Å²) < 4.78 is 0.